The molecule has 1 aliphatic carbocycles. The number of nitrogens with two attached hydrogens (primary N) is 1. The molecular formula is C13H26N2O2. The molecule has 0 bridgehead atoms. The van der Waals surface area contributed by atoms with Gasteiger partial charge in [0.15, 0.2) is 0 Å². The zero-order valence-electron chi connectivity index (χ0n) is 11.2. The molecule has 0 saturated heterocycles. The fourth-order valence-corrected chi connectivity index (χ4v) is 1.99. The normalized spacial score (nSPS) is 19.8. The predicted octanol–water partition coefficient (Wildman–Crippen LogP) is 1.03. The van der Waals surface area contributed by atoms with E-state index in [-0.39, 0.29) is 17.4 Å². The maximum absolute atomic E-state index is 11.6. The van der Waals surface area contributed by atoms with Crippen LogP contribution < -0.4 is 11.1 Å². The molecule has 0 aromatic rings. The van der Waals surface area contributed by atoms with Gasteiger partial charge >= 0.3 is 0 Å². The van der Waals surface area contributed by atoms with Gasteiger partial charge in [0, 0.05) is 19.0 Å². The summed E-state index contributed by atoms with van der Waals surface area (Å²) in [5.41, 5.74) is 5.94. The quantitative estimate of drug-likeness (QED) is 0.651. The third-order valence-electron chi connectivity index (χ3n) is 3.03. The molecule has 4 nitrogen and oxygen atoms in total. The van der Waals surface area contributed by atoms with Crippen LogP contribution in [0.2, 0.25) is 0 Å². The van der Waals surface area contributed by atoms with Crippen molar-refractivity contribution in [2.45, 2.75) is 58.6 Å². The number of carbonyl (C=O) groups excluding carboxylic acids is 1. The van der Waals surface area contributed by atoms with Gasteiger partial charge in [-0.25, -0.2) is 0 Å². The second-order valence-corrected chi connectivity index (χ2v) is 6.43. The van der Waals surface area contributed by atoms with E-state index in [1.54, 1.807) is 0 Å². The first kappa shape index (κ1) is 14.5. The van der Waals surface area contributed by atoms with Crippen molar-refractivity contribution in [1.82, 2.24) is 5.32 Å². The molecule has 0 aromatic heterocycles. The molecule has 17 heavy (non-hydrogen) atoms. The van der Waals surface area contributed by atoms with Crippen LogP contribution in [0.4, 0.5) is 0 Å². The van der Waals surface area contributed by atoms with Crippen LogP contribution in [0, 0.1) is 11.3 Å². The molecule has 0 radical (unpaired) electrons. The zero-order valence-corrected chi connectivity index (χ0v) is 11.2. The van der Waals surface area contributed by atoms with Crippen molar-refractivity contribution in [3.63, 3.8) is 0 Å². The molecule has 1 fully saturated rings. The maximum Gasteiger partial charge on any atom is 0.221 e. The first-order chi connectivity index (χ1) is 7.78. The standard InChI is InChI=1S/C13H26N2O2/c1-13(2,3)7-10(16)8-15-12(17)6-11(14)9-4-5-9/h9-11,16H,4-8,14H2,1-3H3,(H,15,17). The molecule has 1 rings (SSSR count). The summed E-state index contributed by atoms with van der Waals surface area (Å²) in [4.78, 5) is 11.6. The van der Waals surface area contributed by atoms with Crippen LogP contribution in [0.1, 0.15) is 46.5 Å². The maximum atomic E-state index is 11.6. The van der Waals surface area contributed by atoms with Gasteiger partial charge in [-0.2, -0.15) is 0 Å². The van der Waals surface area contributed by atoms with E-state index < -0.39 is 6.10 Å². The van der Waals surface area contributed by atoms with E-state index >= 15 is 0 Å². The minimum Gasteiger partial charge on any atom is -0.391 e. The van der Waals surface area contributed by atoms with E-state index in [0.717, 1.165) is 12.8 Å². The average Bonchev–Trinajstić information content (AvgIpc) is 2.94. The number of hydrogen-bond donors (Lipinski definition) is 3. The Kier molecular flexibility index (Phi) is 4.95. The van der Waals surface area contributed by atoms with Crippen LogP contribution in [0.5, 0.6) is 0 Å². The van der Waals surface area contributed by atoms with Crippen molar-refractivity contribution in [2.75, 3.05) is 6.54 Å². The lowest BCUT2D eigenvalue weighted by Crippen LogP contribution is -2.37. The van der Waals surface area contributed by atoms with Crippen LogP contribution in [0.3, 0.4) is 0 Å². The molecule has 4 N–H and O–H groups in total. The van der Waals surface area contributed by atoms with Crippen molar-refractivity contribution < 1.29 is 9.90 Å². The Morgan fingerprint density at radius 1 is 1.47 bits per heavy atom. The van der Waals surface area contributed by atoms with Gasteiger partial charge in [0.1, 0.15) is 0 Å². The lowest BCUT2D eigenvalue weighted by Gasteiger charge is -2.22. The number of rotatable bonds is 6. The second kappa shape index (κ2) is 5.83. The Labute approximate surface area is 104 Å². The van der Waals surface area contributed by atoms with Gasteiger partial charge in [-0.1, -0.05) is 20.8 Å². The van der Waals surface area contributed by atoms with E-state index in [9.17, 15) is 9.90 Å². The average molecular weight is 242 g/mol. The van der Waals surface area contributed by atoms with Crippen LogP contribution >= 0.6 is 0 Å². The summed E-state index contributed by atoms with van der Waals surface area (Å²) >= 11 is 0. The Hall–Kier alpha value is -0.610. The fourth-order valence-electron chi connectivity index (χ4n) is 1.99. The highest BCUT2D eigenvalue weighted by atomic mass is 16.3. The summed E-state index contributed by atoms with van der Waals surface area (Å²) < 4.78 is 0. The molecule has 0 aromatic carbocycles. The largest absolute Gasteiger partial charge is 0.391 e. The molecule has 100 valence electrons. The predicted molar refractivity (Wildman–Crippen MR) is 68.4 cm³/mol. The van der Waals surface area contributed by atoms with Gasteiger partial charge in [0.05, 0.1) is 6.10 Å². The number of aliphatic hydroxyl groups excluding tert-OH is 1. The van der Waals surface area contributed by atoms with Crippen molar-refractivity contribution >= 4 is 5.91 Å². The third kappa shape index (κ3) is 6.64. The van der Waals surface area contributed by atoms with E-state index in [2.05, 4.69) is 26.1 Å². The minimum atomic E-state index is -0.476. The fraction of sp³-hybridized carbons (Fsp3) is 0.923. The summed E-state index contributed by atoms with van der Waals surface area (Å²) in [6, 6.07) is -0.00485. The lowest BCUT2D eigenvalue weighted by atomic mass is 9.89. The molecule has 4 heteroatoms. The van der Waals surface area contributed by atoms with Crippen molar-refractivity contribution in [1.29, 1.82) is 0 Å². The highest BCUT2D eigenvalue weighted by Crippen LogP contribution is 2.32. The molecule has 1 aliphatic rings. The van der Waals surface area contributed by atoms with Crippen molar-refractivity contribution in [3.05, 3.63) is 0 Å². The summed E-state index contributed by atoms with van der Waals surface area (Å²) in [6.45, 7) is 6.54. The van der Waals surface area contributed by atoms with Crippen LogP contribution in [0.25, 0.3) is 0 Å². The van der Waals surface area contributed by atoms with Gasteiger partial charge in [-0.05, 0) is 30.6 Å². The van der Waals surface area contributed by atoms with Gasteiger partial charge in [0.25, 0.3) is 0 Å². The highest BCUT2D eigenvalue weighted by Gasteiger charge is 2.29. The van der Waals surface area contributed by atoms with E-state index in [1.165, 1.54) is 0 Å². The van der Waals surface area contributed by atoms with Gasteiger partial charge in [-0.15, -0.1) is 0 Å². The number of amides is 1. The number of hydrogen-bond acceptors (Lipinski definition) is 3. The van der Waals surface area contributed by atoms with Gasteiger partial charge in [0.2, 0.25) is 5.91 Å². The van der Waals surface area contributed by atoms with Crippen molar-refractivity contribution in [2.24, 2.45) is 17.1 Å². The van der Waals surface area contributed by atoms with Crippen LogP contribution in [-0.2, 0) is 4.79 Å². The summed E-state index contributed by atoms with van der Waals surface area (Å²) in [5, 5.41) is 12.5. The molecule has 1 saturated carbocycles. The Morgan fingerprint density at radius 3 is 2.53 bits per heavy atom. The van der Waals surface area contributed by atoms with Gasteiger partial charge in [-0.3, -0.25) is 4.79 Å². The number of carbonyl (C=O) groups is 1. The number of nitrogens with one attached hydrogen (secondary N) is 1. The SMILES string of the molecule is CC(C)(C)CC(O)CNC(=O)CC(N)C1CC1. The topological polar surface area (TPSA) is 75.3 Å². The molecule has 0 aliphatic heterocycles. The van der Waals surface area contributed by atoms with Crippen LogP contribution in [0.15, 0.2) is 0 Å². The first-order valence-electron chi connectivity index (χ1n) is 6.48. The smallest absolute Gasteiger partial charge is 0.221 e. The molecule has 0 heterocycles. The Bertz CT molecular complexity index is 257. The molecule has 2 unspecified atom stereocenters. The lowest BCUT2D eigenvalue weighted by molar-refractivity contribution is -0.122. The van der Waals surface area contributed by atoms with Gasteiger partial charge < -0.3 is 16.2 Å². The summed E-state index contributed by atoms with van der Waals surface area (Å²) in [6.07, 6.45) is 2.90. The third-order valence-corrected chi connectivity index (χ3v) is 3.03. The molecular weight excluding hydrogens is 216 g/mol. The summed E-state index contributed by atoms with van der Waals surface area (Å²) in [5.74, 6) is 0.498. The van der Waals surface area contributed by atoms with E-state index in [1.807, 2.05) is 0 Å². The minimum absolute atomic E-state index is 0.00485. The first-order valence-corrected chi connectivity index (χ1v) is 6.48. The Morgan fingerprint density at radius 2 is 2.06 bits per heavy atom. The highest BCUT2D eigenvalue weighted by molar-refractivity contribution is 5.76. The molecule has 1 amide bonds. The zero-order chi connectivity index (χ0) is 13.1. The number of aliphatic hydroxyl groups is 1. The molecule has 0 spiro atoms. The van der Waals surface area contributed by atoms with Crippen molar-refractivity contribution in [3.8, 4) is 0 Å². The Balaban J connectivity index is 2.14. The van der Waals surface area contributed by atoms with Crippen LogP contribution in [-0.4, -0.2) is 29.7 Å². The monoisotopic (exact) mass is 242 g/mol. The van der Waals surface area contributed by atoms with E-state index in [4.69, 9.17) is 5.73 Å². The second-order valence-electron chi connectivity index (χ2n) is 6.43. The summed E-state index contributed by atoms with van der Waals surface area (Å²) in [7, 11) is 0. The molecule has 2 atom stereocenters. The van der Waals surface area contributed by atoms with E-state index in [0.29, 0.717) is 25.3 Å².